The quantitative estimate of drug-likeness (QED) is 0.785. The van der Waals surface area contributed by atoms with Crippen molar-refractivity contribution in [3.8, 4) is 0 Å². The molecule has 0 aliphatic heterocycles. The van der Waals surface area contributed by atoms with E-state index in [1.54, 1.807) is 13.0 Å². The van der Waals surface area contributed by atoms with Gasteiger partial charge in [0.1, 0.15) is 10.7 Å². The smallest absolute Gasteiger partial charge is 0.345 e. The standard InChI is InChI=1S/C10H7FO2S/c1-5-2-6(11)3-8-7(5)4-9(14-8)10(12)13/h2-4H,1H3,(H,12,13). The molecular weight excluding hydrogens is 203 g/mol. The van der Waals surface area contributed by atoms with E-state index >= 15 is 0 Å². The Morgan fingerprint density at radius 2 is 2.14 bits per heavy atom. The van der Waals surface area contributed by atoms with Gasteiger partial charge < -0.3 is 5.11 Å². The topological polar surface area (TPSA) is 37.3 Å². The summed E-state index contributed by atoms with van der Waals surface area (Å²) in [7, 11) is 0. The summed E-state index contributed by atoms with van der Waals surface area (Å²) in [4.78, 5) is 10.9. The van der Waals surface area contributed by atoms with Crippen LogP contribution in [0.25, 0.3) is 10.1 Å². The number of fused-ring (bicyclic) bond motifs is 1. The minimum atomic E-state index is -0.967. The summed E-state index contributed by atoms with van der Waals surface area (Å²) in [6, 6.07) is 4.34. The SMILES string of the molecule is Cc1cc(F)cc2sc(C(=O)O)cc12. The summed E-state index contributed by atoms with van der Waals surface area (Å²) in [5.74, 6) is -1.29. The lowest BCUT2D eigenvalue weighted by atomic mass is 10.1. The Balaban J connectivity index is 2.76. The first-order chi connectivity index (χ1) is 6.58. The minimum absolute atomic E-state index is 0.244. The van der Waals surface area contributed by atoms with Crippen molar-refractivity contribution in [2.75, 3.05) is 0 Å². The van der Waals surface area contributed by atoms with Crippen LogP contribution in [0.2, 0.25) is 0 Å². The lowest BCUT2D eigenvalue weighted by molar-refractivity contribution is 0.0702. The number of halogens is 1. The van der Waals surface area contributed by atoms with Crippen LogP contribution in [-0.4, -0.2) is 11.1 Å². The molecule has 2 rings (SSSR count). The molecule has 0 radical (unpaired) electrons. The molecule has 0 bridgehead atoms. The maximum absolute atomic E-state index is 13.0. The first kappa shape index (κ1) is 9.15. The Morgan fingerprint density at radius 1 is 1.43 bits per heavy atom. The van der Waals surface area contributed by atoms with Crippen LogP contribution in [0.5, 0.6) is 0 Å². The van der Waals surface area contributed by atoms with E-state index in [9.17, 15) is 9.18 Å². The molecule has 2 nitrogen and oxygen atoms in total. The fourth-order valence-corrected chi connectivity index (χ4v) is 2.38. The van der Waals surface area contributed by atoms with Crippen molar-refractivity contribution in [2.24, 2.45) is 0 Å². The number of carboxylic acids is 1. The fraction of sp³-hybridized carbons (Fsp3) is 0.100. The number of rotatable bonds is 1. The van der Waals surface area contributed by atoms with Gasteiger partial charge in [0, 0.05) is 4.70 Å². The Bertz CT molecular complexity index is 516. The number of hydrogen-bond donors (Lipinski definition) is 1. The number of aromatic carboxylic acids is 1. The van der Waals surface area contributed by atoms with Gasteiger partial charge in [-0.05, 0) is 36.1 Å². The highest BCUT2D eigenvalue weighted by atomic mass is 32.1. The molecule has 0 aliphatic carbocycles. The summed E-state index contributed by atoms with van der Waals surface area (Å²) in [5.41, 5.74) is 0.767. The lowest BCUT2D eigenvalue weighted by Gasteiger charge is -1.94. The van der Waals surface area contributed by atoms with Gasteiger partial charge in [-0.1, -0.05) is 0 Å². The van der Waals surface area contributed by atoms with Crippen LogP contribution in [0.3, 0.4) is 0 Å². The van der Waals surface area contributed by atoms with E-state index in [-0.39, 0.29) is 10.7 Å². The molecular formula is C10H7FO2S. The number of benzene rings is 1. The summed E-state index contributed by atoms with van der Waals surface area (Å²) >= 11 is 1.09. The number of hydrogen-bond acceptors (Lipinski definition) is 2. The number of aryl methyl sites for hydroxylation is 1. The van der Waals surface area contributed by atoms with Crippen molar-refractivity contribution in [1.82, 2.24) is 0 Å². The van der Waals surface area contributed by atoms with E-state index in [2.05, 4.69) is 0 Å². The van der Waals surface area contributed by atoms with E-state index in [4.69, 9.17) is 5.11 Å². The zero-order valence-corrected chi connectivity index (χ0v) is 8.19. The van der Waals surface area contributed by atoms with Crippen LogP contribution < -0.4 is 0 Å². The van der Waals surface area contributed by atoms with Gasteiger partial charge in [0.25, 0.3) is 0 Å². The number of thiophene rings is 1. The van der Waals surface area contributed by atoms with Crippen LogP contribution in [0.1, 0.15) is 15.2 Å². The highest BCUT2D eigenvalue weighted by Crippen LogP contribution is 2.29. The van der Waals surface area contributed by atoms with Crippen molar-refractivity contribution < 1.29 is 14.3 Å². The molecule has 0 unspecified atom stereocenters. The van der Waals surface area contributed by atoms with Gasteiger partial charge in [-0.2, -0.15) is 0 Å². The van der Waals surface area contributed by atoms with Crippen LogP contribution >= 0.6 is 11.3 Å². The third-order valence-electron chi connectivity index (χ3n) is 2.02. The van der Waals surface area contributed by atoms with Crippen molar-refractivity contribution in [1.29, 1.82) is 0 Å². The maximum Gasteiger partial charge on any atom is 0.345 e. The highest BCUT2D eigenvalue weighted by molar-refractivity contribution is 7.20. The Hall–Kier alpha value is -1.42. The second-order valence-corrected chi connectivity index (χ2v) is 4.13. The predicted molar refractivity (Wildman–Crippen MR) is 53.5 cm³/mol. The van der Waals surface area contributed by atoms with E-state index in [1.807, 2.05) is 0 Å². The third-order valence-corrected chi connectivity index (χ3v) is 3.09. The van der Waals surface area contributed by atoms with E-state index < -0.39 is 5.97 Å². The van der Waals surface area contributed by atoms with Crippen molar-refractivity contribution in [3.63, 3.8) is 0 Å². The molecule has 72 valence electrons. The summed E-state index contributed by atoms with van der Waals surface area (Å²) < 4.78 is 13.6. The Kier molecular flexibility index (Phi) is 2.00. The van der Waals surface area contributed by atoms with Gasteiger partial charge in [-0.15, -0.1) is 11.3 Å². The molecule has 1 heterocycles. The van der Waals surface area contributed by atoms with Crippen LogP contribution in [0.15, 0.2) is 18.2 Å². The van der Waals surface area contributed by atoms with Crippen LogP contribution in [-0.2, 0) is 0 Å². The zero-order valence-electron chi connectivity index (χ0n) is 7.37. The van der Waals surface area contributed by atoms with Gasteiger partial charge in [0.15, 0.2) is 0 Å². The molecule has 2 aromatic rings. The largest absolute Gasteiger partial charge is 0.477 e. The molecule has 0 aliphatic rings. The molecule has 0 fully saturated rings. The zero-order chi connectivity index (χ0) is 10.3. The molecule has 0 atom stereocenters. The van der Waals surface area contributed by atoms with Crippen LogP contribution in [0.4, 0.5) is 4.39 Å². The minimum Gasteiger partial charge on any atom is -0.477 e. The average Bonchev–Trinajstić information content (AvgIpc) is 2.47. The predicted octanol–water partition coefficient (Wildman–Crippen LogP) is 3.05. The van der Waals surface area contributed by atoms with Crippen LogP contribution in [0, 0.1) is 12.7 Å². The van der Waals surface area contributed by atoms with Crippen molar-refractivity contribution in [3.05, 3.63) is 34.5 Å². The van der Waals surface area contributed by atoms with Gasteiger partial charge in [-0.3, -0.25) is 0 Å². The van der Waals surface area contributed by atoms with Gasteiger partial charge in [-0.25, -0.2) is 9.18 Å². The summed E-state index contributed by atoms with van der Waals surface area (Å²) in [5, 5.41) is 9.58. The summed E-state index contributed by atoms with van der Waals surface area (Å²) in [6.07, 6.45) is 0. The molecule has 1 aromatic heterocycles. The van der Waals surface area contributed by atoms with Crippen molar-refractivity contribution >= 4 is 27.4 Å². The summed E-state index contributed by atoms with van der Waals surface area (Å²) in [6.45, 7) is 1.77. The molecule has 0 saturated heterocycles. The highest BCUT2D eigenvalue weighted by Gasteiger charge is 2.10. The van der Waals surface area contributed by atoms with E-state index in [0.717, 1.165) is 22.3 Å². The average molecular weight is 210 g/mol. The second-order valence-electron chi connectivity index (χ2n) is 3.05. The maximum atomic E-state index is 13.0. The molecule has 0 amide bonds. The fourth-order valence-electron chi connectivity index (χ4n) is 1.38. The third kappa shape index (κ3) is 1.37. The first-order valence-corrected chi connectivity index (χ1v) is 4.82. The molecule has 1 aromatic carbocycles. The monoisotopic (exact) mass is 210 g/mol. The Morgan fingerprint density at radius 3 is 2.79 bits per heavy atom. The molecule has 4 heteroatoms. The molecule has 0 spiro atoms. The molecule has 1 N–H and O–H groups in total. The van der Waals surface area contributed by atoms with Crippen molar-refractivity contribution in [2.45, 2.75) is 6.92 Å². The number of carboxylic acid groups (broad SMARTS) is 1. The van der Waals surface area contributed by atoms with E-state index in [0.29, 0.717) is 4.70 Å². The van der Waals surface area contributed by atoms with Gasteiger partial charge in [0.05, 0.1) is 0 Å². The Labute approximate surface area is 83.6 Å². The lowest BCUT2D eigenvalue weighted by Crippen LogP contribution is -1.89. The molecule has 14 heavy (non-hydrogen) atoms. The second kappa shape index (κ2) is 3.06. The van der Waals surface area contributed by atoms with Gasteiger partial charge in [0.2, 0.25) is 0 Å². The van der Waals surface area contributed by atoms with Gasteiger partial charge >= 0.3 is 5.97 Å². The van der Waals surface area contributed by atoms with E-state index in [1.165, 1.54) is 12.1 Å². The first-order valence-electron chi connectivity index (χ1n) is 4.01. The molecule has 0 saturated carbocycles. The number of carbonyl (C=O) groups is 1. The normalized spacial score (nSPS) is 10.7.